The first-order valence-electron chi connectivity index (χ1n) is 9.23. The van der Waals surface area contributed by atoms with Gasteiger partial charge in [-0.15, -0.1) is 0 Å². The van der Waals surface area contributed by atoms with Crippen molar-refractivity contribution in [1.29, 1.82) is 0 Å². The molecule has 8 heteroatoms. The van der Waals surface area contributed by atoms with Gasteiger partial charge in [0.25, 0.3) is 5.91 Å². The normalized spacial score (nSPS) is 19.4. The van der Waals surface area contributed by atoms with Crippen LogP contribution in [-0.4, -0.2) is 45.2 Å². The molecule has 1 saturated carbocycles. The number of anilines is 1. The van der Waals surface area contributed by atoms with Gasteiger partial charge in [0.1, 0.15) is 5.69 Å². The molecule has 7 nitrogen and oxygen atoms in total. The van der Waals surface area contributed by atoms with Gasteiger partial charge in [-0.3, -0.25) is 9.89 Å². The van der Waals surface area contributed by atoms with Gasteiger partial charge < -0.3 is 10.2 Å². The summed E-state index contributed by atoms with van der Waals surface area (Å²) in [6.07, 6.45) is 5.19. The molecule has 1 amide bonds. The monoisotopic (exact) mass is 380 g/mol. The van der Waals surface area contributed by atoms with Crippen LogP contribution in [0.5, 0.6) is 0 Å². The zero-order valence-corrected chi connectivity index (χ0v) is 15.6. The van der Waals surface area contributed by atoms with Gasteiger partial charge in [0.05, 0.1) is 5.69 Å². The van der Waals surface area contributed by atoms with Crippen molar-refractivity contribution in [2.24, 2.45) is 0 Å². The van der Waals surface area contributed by atoms with Crippen LogP contribution in [0.3, 0.4) is 0 Å². The molecule has 1 aliphatic heterocycles. The number of thiophene rings is 1. The van der Waals surface area contributed by atoms with Crippen molar-refractivity contribution in [3.63, 3.8) is 0 Å². The molecule has 5 rings (SSSR count). The van der Waals surface area contributed by atoms with Gasteiger partial charge in [-0.2, -0.15) is 16.4 Å². The lowest BCUT2D eigenvalue weighted by atomic mass is 10.2. The Morgan fingerprint density at radius 3 is 3.04 bits per heavy atom. The number of aromatic nitrogens is 4. The lowest BCUT2D eigenvalue weighted by molar-refractivity contribution is 0.0935. The average Bonchev–Trinajstić information content (AvgIpc) is 3.10. The van der Waals surface area contributed by atoms with Crippen LogP contribution in [-0.2, 0) is 0 Å². The van der Waals surface area contributed by atoms with Gasteiger partial charge >= 0.3 is 0 Å². The van der Waals surface area contributed by atoms with Crippen LogP contribution in [0.4, 0.5) is 5.95 Å². The van der Waals surface area contributed by atoms with Crippen LogP contribution in [0, 0.1) is 0 Å². The van der Waals surface area contributed by atoms with Crippen LogP contribution in [0.1, 0.15) is 41.4 Å². The van der Waals surface area contributed by atoms with E-state index >= 15 is 0 Å². The lowest BCUT2D eigenvalue weighted by Crippen LogP contribution is -2.37. The number of nitrogens with zero attached hydrogens (tertiary/aromatic N) is 4. The molecule has 1 unspecified atom stereocenters. The first kappa shape index (κ1) is 16.4. The molecule has 2 N–H and O–H groups in total. The highest BCUT2D eigenvalue weighted by molar-refractivity contribution is 7.08. The molecule has 3 aromatic heterocycles. The molecular weight excluding hydrogens is 360 g/mol. The topological polar surface area (TPSA) is 86.8 Å². The maximum absolute atomic E-state index is 12.5. The number of H-pyrrole nitrogens is 1. The van der Waals surface area contributed by atoms with Gasteiger partial charge in [0.15, 0.2) is 0 Å². The number of hydrogen-bond acceptors (Lipinski definition) is 6. The number of amides is 1. The standard InChI is InChI=1S/C19H20N6OS/c26-18(17-9-16(23-24-17)13-5-8-27-11-13)21-14-4-7-25(10-14)19-20-6-3-15(22-19)12-1-2-12/h3,5-6,8-9,11-12,14H,1-2,4,7,10H2,(H,21,26)(H,23,24). The smallest absolute Gasteiger partial charge is 0.269 e. The summed E-state index contributed by atoms with van der Waals surface area (Å²) in [5.74, 6) is 1.27. The average molecular weight is 380 g/mol. The van der Waals surface area contributed by atoms with E-state index in [1.807, 2.05) is 29.1 Å². The Balaban J connectivity index is 1.22. The second-order valence-electron chi connectivity index (χ2n) is 7.14. The second kappa shape index (κ2) is 6.77. The van der Waals surface area contributed by atoms with Crippen LogP contribution < -0.4 is 10.2 Å². The van der Waals surface area contributed by atoms with E-state index in [1.54, 1.807) is 17.4 Å². The van der Waals surface area contributed by atoms with Crippen molar-refractivity contribution >= 4 is 23.2 Å². The predicted octanol–water partition coefficient (Wildman–Crippen LogP) is 2.81. The fourth-order valence-corrected chi connectivity index (χ4v) is 4.09. The maximum atomic E-state index is 12.5. The van der Waals surface area contributed by atoms with E-state index < -0.39 is 0 Å². The molecule has 3 aromatic rings. The zero-order chi connectivity index (χ0) is 18.2. The molecule has 1 atom stereocenters. The lowest BCUT2D eigenvalue weighted by Gasteiger charge is -2.17. The first-order chi connectivity index (χ1) is 13.3. The Labute approximate surface area is 160 Å². The maximum Gasteiger partial charge on any atom is 0.269 e. The van der Waals surface area contributed by atoms with Gasteiger partial charge in [-0.25, -0.2) is 9.97 Å². The number of nitrogens with one attached hydrogen (secondary N) is 2. The third-order valence-electron chi connectivity index (χ3n) is 5.11. The highest BCUT2D eigenvalue weighted by Crippen LogP contribution is 2.39. The van der Waals surface area contributed by atoms with Crippen molar-refractivity contribution in [1.82, 2.24) is 25.5 Å². The molecule has 0 aromatic carbocycles. The summed E-state index contributed by atoms with van der Waals surface area (Å²) in [7, 11) is 0. The molecular formula is C19H20N6OS. The SMILES string of the molecule is O=C(NC1CCN(c2nccc(C3CC3)n2)C1)c1cc(-c2ccsc2)n[nH]1. The first-order valence-corrected chi connectivity index (χ1v) is 10.2. The summed E-state index contributed by atoms with van der Waals surface area (Å²) in [5, 5.41) is 14.2. The zero-order valence-electron chi connectivity index (χ0n) is 14.8. The molecule has 0 radical (unpaired) electrons. The van der Waals surface area contributed by atoms with Gasteiger partial charge in [0, 0.05) is 47.9 Å². The molecule has 2 fully saturated rings. The van der Waals surface area contributed by atoms with E-state index in [0.717, 1.165) is 42.4 Å². The third kappa shape index (κ3) is 3.44. The Kier molecular flexibility index (Phi) is 4.12. The second-order valence-corrected chi connectivity index (χ2v) is 7.92. The van der Waals surface area contributed by atoms with Gasteiger partial charge in [-0.1, -0.05) is 0 Å². The van der Waals surface area contributed by atoms with Crippen molar-refractivity contribution in [3.8, 4) is 11.3 Å². The molecule has 0 spiro atoms. The van der Waals surface area contributed by atoms with E-state index in [-0.39, 0.29) is 11.9 Å². The van der Waals surface area contributed by atoms with Crippen molar-refractivity contribution < 1.29 is 4.79 Å². The summed E-state index contributed by atoms with van der Waals surface area (Å²) in [5.41, 5.74) is 3.45. The number of hydrogen-bond donors (Lipinski definition) is 2. The summed E-state index contributed by atoms with van der Waals surface area (Å²) in [6, 6.07) is 5.89. The Bertz CT molecular complexity index is 949. The van der Waals surface area contributed by atoms with Crippen LogP contribution in [0.2, 0.25) is 0 Å². The number of aromatic amines is 1. The van der Waals surface area contributed by atoms with Gasteiger partial charge in [0.2, 0.25) is 5.95 Å². The minimum Gasteiger partial charge on any atom is -0.346 e. The summed E-state index contributed by atoms with van der Waals surface area (Å²) in [4.78, 5) is 23.8. The number of carbonyl (C=O) groups excluding carboxylic acids is 1. The molecule has 0 bridgehead atoms. The highest BCUT2D eigenvalue weighted by Gasteiger charge is 2.29. The van der Waals surface area contributed by atoms with Crippen LogP contribution in [0.15, 0.2) is 35.2 Å². The van der Waals surface area contributed by atoms with Gasteiger partial charge in [-0.05, 0) is 42.8 Å². The summed E-state index contributed by atoms with van der Waals surface area (Å²) in [6.45, 7) is 1.58. The Morgan fingerprint density at radius 2 is 2.22 bits per heavy atom. The molecule has 138 valence electrons. The minimum absolute atomic E-state index is 0.0820. The fourth-order valence-electron chi connectivity index (χ4n) is 3.44. The van der Waals surface area contributed by atoms with Crippen molar-refractivity contribution in [2.75, 3.05) is 18.0 Å². The predicted molar refractivity (Wildman–Crippen MR) is 104 cm³/mol. The van der Waals surface area contributed by atoms with E-state index in [9.17, 15) is 4.79 Å². The van der Waals surface area contributed by atoms with Crippen molar-refractivity contribution in [3.05, 3.63) is 46.5 Å². The summed E-state index contributed by atoms with van der Waals surface area (Å²) >= 11 is 1.61. The summed E-state index contributed by atoms with van der Waals surface area (Å²) < 4.78 is 0. The third-order valence-corrected chi connectivity index (χ3v) is 5.79. The molecule has 27 heavy (non-hydrogen) atoms. The Hall–Kier alpha value is -2.74. The Morgan fingerprint density at radius 1 is 1.30 bits per heavy atom. The number of rotatable bonds is 5. The molecule has 1 saturated heterocycles. The van der Waals surface area contributed by atoms with E-state index in [4.69, 9.17) is 4.98 Å². The van der Waals surface area contributed by atoms with Crippen molar-refractivity contribution in [2.45, 2.75) is 31.2 Å². The van der Waals surface area contributed by atoms with Crippen LogP contribution in [0.25, 0.3) is 11.3 Å². The van der Waals surface area contributed by atoms with E-state index in [0.29, 0.717) is 11.6 Å². The quantitative estimate of drug-likeness (QED) is 0.711. The highest BCUT2D eigenvalue weighted by atomic mass is 32.1. The fraction of sp³-hybridized carbons (Fsp3) is 0.368. The van der Waals surface area contributed by atoms with Crippen LogP contribution >= 0.6 is 11.3 Å². The number of carbonyl (C=O) groups is 1. The van der Waals surface area contributed by atoms with E-state index in [2.05, 4.69) is 25.4 Å². The molecule has 4 heterocycles. The molecule has 1 aliphatic carbocycles. The minimum atomic E-state index is -0.122. The largest absolute Gasteiger partial charge is 0.346 e. The molecule has 2 aliphatic rings. The van der Waals surface area contributed by atoms with E-state index in [1.165, 1.54) is 12.8 Å².